The van der Waals surface area contributed by atoms with E-state index in [9.17, 15) is 0 Å². The van der Waals surface area contributed by atoms with Crippen LogP contribution in [-0.2, 0) is 13.1 Å². The van der Waals surface area contributed by atoms with Crippen molar-refractivity contribution in [1.82, 2.24) is 0 Å². The van der Waals surface area contributed by atoms with Gasteiger partial charge >= 0.3 is 0 Å². The Kier molecular flexibility index (Phi) is 4.29. The molecule has 0 amide bonds. The highest BCUT2D eigenvalue weighted by atomic mass is 14.5. The summed E-state index contributed by atoms with van der Waals surface area (Å²) >= 11 is 0. The van der Waals surface area contributed by atoms with Gasteiger partial charge in [0.15, 0.2) is 0 Å². The first-order valence-corrected chi connectivity index (χ1v) is 6.08. The fourth-order valence-electron chi connectivity index (χ4n) is 1.89. The van der Waals surface area contributed by atoms with E-state index >= 15 is 0 Å². The summed E-state index contributed by atoms with van der Waals surface area (Å²) in [5.74, 6) is 0. The lowest BCUT2D eigenvalue weighted by Crippen LogP contribution is -1.98. The Morgan fingerprint density at radius 1 is 0.833 bits per heavy atom. The zero-order valence-corrected chi connectivity index (χ0v) is 10.3. The maximum atomic E-state index is 5.71. The van der Waals surface area contributed by atoms with Crippen molar-refractivity contribution in [3.63, 3.8) is 0 Å². The molecule has 0 heterocycles. The van der Waals surface area contributed by atoms with Crippen LogP contribution >= 0.6 is 0 Å². The predicted octanol–water partition coefficient (Wildman–Crippen LogP) is 2.77. The SMILES string of the molecule is NCc1cccc(C=Cc2ccccc2CN)c1. The Bertz CT molecular complexity index is 544. The van der Waals surface area contributed by atoms with Crippen LogP contribution in [0.1, 0.15) is 22.3 Å². The van der Waals surface area contributed by atoms with Crippen molar-refractivity contribution in [3.8, 4) is 0 Å². The molecule has 2 heteroatoms. The molecule has 2 nitrogen and oxygen atoms in total. The van der Waals surface area contributed by atoms with E-state index in [1.165, 1.54) is 0 Å². The van der Waals surface area contributed by atoms with E-state index in [2.05, 4.69) is 36.4 Å². The second-order valence-electron chi connectivity index (χ2n) is 4.19. The lowest BCUT2D eigenvalue weighted by Gasteiger charge is -2.02. The van der Waals surface area contributed by atoms with Gasteiger partial charge in [-0.2, -0.15) is 0 Å². The summed E-state index contributed by atoms with van der Waals surface area (Å²) in [7, 11) is 0. The van der Waals surface area contributed by atoms with E-state index in [1.807, 2.05) is 24.3 Å². The normalized spacial score (nSPS) is 11.0. The number of hydrogen-bond donors (Lipinski definition) is 2. The summed E-state index contributed by atoms with van der Waals surface area (Å²) in [4.78, 5) is 0. The van der Waals surface area contributed by atoms with Gasteiger partial charge in [0.2, 0.25) is 0 Å². The monoisotopic (exact) mass is 238 g/mol. The average Bonchev–Trinajstić information content (AvgIpc) is 2.45. The summed E-state index contributed by atoms with van der Waals surface area (Å²) in [6.07, 6.45) is 4.19. The van der Waals surface area contributed by atoms with Gasteiger partial charge in [-0.05, 0) is 22.3 Å². The molecule has 0 fully saturated rings. The average molecular weight is 238 g/mol. The predicted molar refractivity (Wildman–Crippen MR) is 77.6 cm³/mol. The Morgan fingerprint density at radius 3 is 2.44 bits per heavy atom. The molecule has 4 N–H and O–H groups in total. The van der Waals surface area contributed by atoms with Crippen LogP contribution in [0.3, 0.4) is 0 Å². The molecule has 0 unspecified atom stereocenters. The summed E-state index contributed by atoms with van der Waals surface area (Å²) < 4.78 is 0. The third kappa shape index (κ3) is 3.06. The van der Waals surface area contributed by atoms with Crippen molar-refractivity contribution in [2.75, 3.05) is 0 Å². The highest BCUT2D eigenvalue weighted by Gasteiger charge is 1.95. The molecule has 0 saturated heterocycles. The van der Waals surface area contributed by atoms with Gasteiger partial charge in [-0.25, -0.2) is 0 Å². The van der Waals surface area contributed by atoms with Crippen LogP contribution < -0.4 is 11.5 Å². The van der Waals surface area contributed by atoms with E-state index < -0.39 is 0 Å². The van der Waals surface area contributed by atoms with E-state index in [1.54, 1.807) is 0 Å². The minimum absolute atomic E-state index is 0.559. The Morgan fingerprint density at radius 2 is 1.67 bits per heavy atom. The van der Waals surface area contributed by atoms with Gasteiger partial charge in [-0.15, -0.1) is 0 Å². The van der Waals surface area contributed by atoms with Crippen molar-refractivity contribution in [3.05, 3.63) is 70.8 Å². The molecular formula is C16H18N2. The number of nitrogens with two attached hydrogens (primary N) is 2. The molecule has 0 spiro atoms. The summed E-state index contributed by atoms with van der Waals surface area (Å²) in [6.45, 7) is 1.13. The lowest BCUT2D eigenvalue weighted by molar-refractivity contribution is 1.07. The van der Waals surface area contributed by atoms with Crippen LogP contribution in [0.15, 0.2) is 48.5 Å². The molecule has 18 heavy (non-hydrogen) atoms. The van der Waals surface area contributed by atoms with Gasteiger partial charge in [0.1, 0.15) is 0 Å². The maximum absolute atomic E-state index is 5.71. The fraction of sp³-hybridized carbons (Fsp3) is 0.125. The molecular weight excluding hydrogens is 220 g/mol. The van der Waals surface area contributed by atoms with Crippen molar-refractivity contribution in [2.24, 2.45) is 11.5 Å². The van der Waals surface area contributed by atoms with Gasteiger partial charge in [-0.1, -0.05) is 60.7 Å². The molecule has 2 aromatic carbocycles. The summed E-state index contributed by atoms with van der Waals surface area (Å²) in [5.41, 5.74) is 16.0. The Labute approximate surface area is 108 Å². The lowest BCUT2D eigenvalue weighted by atomic mass is 10.1. The van der Waals surface area contributed by atoms with Crippen LogP contribution in [0.4, 0.5) is 0 Å². The van der Waals surface area contributed by atoms with Gasteiger partial charge in [0.05, 0.1) is 0 Å². The van der Waals surface area contributed by atoms with Crippen LogP contribution in [0.5, 0.6) is 0 Å². The molecule has 92 valence electrons. The molecule has 2 rings (SSSR count). The number of hydrogen-bond acceptors (Lipinski definition) is 2. The van der Waals surface area contributed by atoms with E-state index in [0.29, 0.717) is 13.1 Å². The van der Waals surface area contributed by atoms with E-state index in [-0.39, 0.29) is 0 Å². The minimum Gasteiger partial charge on any atom is -0.326 e. The minimum atomic E-state index is 0.559. The Balaban J connectivity index is 2.24. The molecule has 2 aromatic rings. The molecule has 0 atom stereocenters. The molecule has 0 aliphatic heterocycles. The van der Waals surface area contributed by atoms with Crippen molar-refractivity contribution in [2.45, 2.75) is 13.1 Å². The first kappa shape index (κ1) is 12.6. The fourth-order valence-corrected chi connectivity index (χ4v) is 1.89. The van der Waals surface area contributed by atoms with Crippen LogP contribution in [0, 0.1) is 0 Å². The molecule has 0 aliphatic rings. The van der Waals surface area contributed by atoms with Crippen molar-refractivity contribution < 1.29 is 0 Å². The molecule has 0 bridgehead atoms. The third-order valence-corrected chi connectivity index (χ3v) is 2.92. The first-order chi connectivity index (χ1) is 8.83. The quantitative estimate of drug-likeness (QED) is 0.805. The highest BCUT2D eigenvalue weighted by molar-refractivity contribution is 5.71. The van der Waals surface area contributed by atoms with E-state index in [4.69, 9.17) is 11.5 Å². The number of rotatable bonds is 4. The standard InChI is InChI=1S/C16H18N2/c17-11-14-5-3-4-13(10-14)8-9-15-6-1-2-7-16(15)12-18/h1-10H,11-12,17-18H2. The molecule has 0 aromatic heterocycles. The smallest absolute Gasteiger partial charge is 0.0184 e. The van der Waals surface area contributed by atoms with Gasteiger partial charge in [-0.3, -0.25) is 0 Å². The number of benzene rings is 2. The van der Waals surface area contributed by atoms with Crippen molar-refractivity contribution >= 4 is 12.2 Å². The zero-order valence-electron chi connectivity index (χ0n) is 10.3. The third-order valence-electron chi connectivity index (χ3n) is 2.92. The largest absolute Gasteiger partial charge is 0.326 e. The molecule has 0 aliphatic carbocycles. The van der Waals surface area contributed by atoms with Gasteiger partial charge in [0.25, 0.3) is 0 Å². The van der Waals surface area contributed by atoms with E-state index in [0.717, 1.165) is 22.3 Å². The summed E-state index contributed by atoms with van der Waals surface area (Å²) in [5, 5.41) is 0. The van der Waals surface area contributed by atoms with Crippen LogP contribution in [0.25, 0.3) is 12.2 Å². The summed E-state index contributed by atoms with van der Waals surface area (Å²) in [6, 6.07) is 16.4. The maximum Gasteiger partial charge on any atom is 0.0184 e. The van der Waals surface area contributed by atoms with Crippen LogP contribution in [-0.4, -0.2) is 0 Å². The second kappa shape index (κ2) is 6.15. The Hall–Kier alpha value is -1.90. The molecule has 0 saturated carbocycles. The highest BCUT2D eigenvalue weighted by Crippen LogP contribution is 2.13. The van der Waals surface area contributed by atoms with Crippen molar-refractivity contribution in [1.29, 1.82) is 0 Å². The topological polar surface area (TPSA) is 52.0 Å². The first-order valence-electron chi connectivity index (χ1n) is 6.08. The van der Waals surface area contributed by atoms with Gasteiger partial charge in [0, 0.05) is 13.1 Å². The second-order valence-corrected chi connectivity index (χ2v) is 4.19. The van der Waals surface area contributed by atoms with Gasteiger partial charge < -0.3 is 11.5 Å². The van der Waals surface area contributed by atoms with Crippen LogP contribution in [0.2, 0.25) is 0 Å². The zero-order chi connectivity index (χ0) is 12.8. The molecule has 0 radical (unpaired) electrons.